The molecule has 8 heteroatoms. The number of methoxy groups -OCH3 is 1. The van der Waals surface area contributed by atoms with Gasteiger partial charge in [-0.15, -0.1) is 0 Å². The number of aliphatic carboxylic acids is 1. The number of rotatable bonds is 10. The monoisotopic (exact) mass is 482 g/mol. The first-order valence-corrected chi connectivity index (χ1v) is 11.7. The van der Waals surface area contributed by atoms with E-state index in [4.69, 9.17) is 9.47 Å². The molecule has 0 bridgehead atoms. The Bertz CT molecular complexity index is 1020. The molecule has 1 aliphatic rings. The normalized spacial score (nSPS) is 14.4. The second kappa shape index (κ2) is 11.4. The van der Waals surface area contributed by atoms with E-state index in [2.05, 4.69) is 22.8 Å². The summed E-state index contributed by atoms with van der Waals surface area (Å²) in [6.45, 7) is 6.11. The molecule has 0 spiro atoms. The summed E-state index contributed by atoms with van der Waals surface area (Å²) < 4.78 is 10.5. The van der Waals surface area contributed by atoms with E-state index in [9.17, 15) is 19.5 Å². The highest BCUT2D eigenvalue weighted by Gasteiger charge is 2.32. The summed E-state index contributed by atoms with van der Waals surface area (Å²) in [5.74, 6) is -1.84. The highest BCUT2D eigenvalue weighted by atomic mass is 16.5. The Morgan fingerprint density at radius 3 is 2.03 bits per heavy atom. The van der Waals surface area contributed by atoms with E-state index in [1.54, 1.807) is 0 Å². The second-order valence-corrected chi connectivity index (χ2v) is 9.97. The number of carbonyl (C=O) groups excluding carboxylic acids is 2. The van der Waals surface area contributed by atoms with Gasteiger partial charge in [-0.25, -0.2) is 9.59 Å². The van der Waals surface area contributed by atoms with Gasteiger partial charge in [0, 0.05) is 26.1 Å². The Labute approximate surface area is 206 Å². The Balaban J connectivity index is 1.68. The number of carbonyl (C=O) groups is 3. The van der Waals surface area contributed by atoms with Crippen LogP contribution in [-0.4, -0.2) is 55.5 Å². The molecule has 8 nitrogen and oxygen atoms in total. The van der Waals surface area contributed by atoms with Crippen LogP contribution in [0.5, 0.6) is 0 Å². The van der Waals surface area contributed by atoms with Gasteiger partial charge >= 0.3 is 12.1 Å². The number of amides is 2. The lowest BCUT2D eigenvalue weighted by atomic mass is 9.87. The molecular weight excluding hydrogens is 448 g/mol. The van der Waals surface area contributed by atoms with Gasteiger partial charge in [-0.05, 0) is 34.1 Å². The number of benzene rings is 2. The fourth-order valence-corrected chi connectivity index (χ4v) is 4.37. The van der Waals surface area contributed by atoms with Crippen molar-refractivity contribution >= 4 is 18.0 Å². The Hall–Kier alpha value is -3.39. The van der Waals surface area contributed by atoms with Gasteiger partial charge in [0.25, 0.3) is 0 Å². The Kier molecular flexibility index (Phi) is 8.51. The molecular formula is C27H34N2O6. The van der Waals surface area contributed by atoms with E-state index in [0.29, 0.717) is 6.42 Å². The van der Waals surface area contributed by atoms with Gasteiger partial charge < -0.3 is 25.2 Å². The van der Waals surface area contributed by atoms with Crippen LogP contribution in [0.1, 0.15) is 50.7 Å². The Morgan fingerprint density at radius 2 is 1.51 bits per heavy atom. The van der Waals surface area contributed by atoms with Crippen LogP contribution in [0.4, 0.5) is 4.79 Å². The number of alkyl carbamates (subject to hydrolysis) is 1. The minimum absolute atomic E-state index is 0.103. The van der Waals surface area contributed by atoms with Crippen LogP contribution in [0, 0.1) is 5.41 Å². The van der Waals surface area contributed by atoms with Crippen molar-refractivity contribution in [2.24, 2.45) is 5.41 Å². The lowest BCUT2D eigenvalue weighted by Crippen LogP contribution is -2.53. The van der Waals surface area contributed by atoms with Crippen LogP contribution in [0.15, 0.2) is 48.5 Å². The van der Waals surface area contributed by atoms with Crippen LogP contribution in [0.2, 0.25) is 0 Å². The lowest BCUT2D eigenvalue weighted by Gasteiger charge is -2.27. The number of ether oxygens (including phenoxy) is 2. The maximum atomic E-state index is 12.9. The molecule has 2 atom stereocenters. The summed E-state index contributed by atoms with van der Waals surface area (Å²) in [4.78, 5) is 37.2. The van der Waals surface area contributed by atoms with Gasteiger partial charge in [-0.2, -0.15) is 0 Å². The van der Waals surface area contributed by atoms with Gasteiger partial charge in [-0.3, -0.25) is 4.79 Å². The van der Waals surface area contributed by atoms with E-state index in [1.165, 1.54) is 7.11 Å². The van der Waals surface area contributed by atoms with Crippen molar-refractivity contribution in [1.82, 2.24) is 10.6 Å². The molecule has 0 aliphatic heterocycles. The molecule has 35 heavy (non-hydrogen) atoms. The predicted octanol–water partition coefficient (Wildman–Crippen LogP) is 3.94. The first kappa shape index (κ1) is 26.2. The van der Waals surface area contributed by atoms with E-state index in [-0.39, 0.29) is 31.0 Å². The fraction of sp³-hybridized carbons (Fsp3) is 0.444. The maximum absolute atomic E-state index is 12.9. The summed E-state index contributed by atoms with van der Waals surface area (Å²) in [6.07, 6.45) is -0.301. The summed E-state index contributed by atoms with van der Waals surface area (Å²) in [7, 11) is 1.46. The topological polar surface area (TPSA) is 114 Å². The molecule has 1 aliphatic carbocycles. The number of hydrogen-bond donors (Lipinski definition) is 3. The summed E-state index contributed by atoms with van der Waals surface area (Å²) in [5.41, 5.74) is 4.13. The standard InChI is InChI=1S/C27H34N2O6/c1-27(2,3)15-23(24(30)28-22(25(31)32)13-14-34-4)29-26(33)35-16-21-19-11-7-5-9-17(19)18-10-6-8-12-20(18)21/h5-12,21-23H,13-16H2,1-4H3,(H,28,30)(H,29,33)(H,31,32). The van der Waals surface area contributed by atoms with E-state index in [1.807, 2.05) is 57.2 Å². The second-order valence-electron chi connectivity index (χ2n) is 9.97. The molecule has 3 rings (SSSR count). The van der Waals surface area contributed by atoms with E-state index >= 15 is 0 Å². The van der Waals surface area contributed by atoms with Crippen LogP contribution in [0.25, 0.3) is 11.1 Å². The molecule has 2 aromatic rings. The lowest BCUT2D eigenvalue weighted by molar-refractivity contribution is -0.142. The van der Waals surface area contributed by atoms with Gasteiger partial charge in [0.15, 0.2) is 0 Å². The molecule has 3 N–H and O–H groups in total. The average molecular weight is 483 g/mol. The van der Waals surface area contributed by atoms with Gasteiger partial charge in [0.05, 0.1) is 0 Å². The number of hydrogen-bond acceptors (Lipinski definition) is 5. The molecule has 0 heterocycles. The minimum Gasteiger partial charge on any atom is -0.480 e. The minimum atomic E-state index is -1.16. The van der Waals surface area contributed by atoms with Gasteiger partial charge in [0.1, 0.15) is 18.7 Å². The largest absolute Gasteiger partial charge is 0.480 e. The van der Waals surface area contributed by atoms with Crippen LogP contribution in [-0.2, 0) is 19.1 Å². The molecule has 188 valence electrons. The Morgan fingerprint density at radius 1 is 0.943 bits per heavy atom. The number of nitrogens with one attached hydrogen (secondary N) is 2. The third kappa shape index (κ3) is 6.82. The maximum Gasteiger partial charge on any atom is 0.407 e. The zero-order chi connectivity index (χ0) is 25.6. The quantitative estimate of drug-likeness (QED) is 0.473. The number of carboxylic acid groups (broad SMARTS) is 1. The third-order valence-electron chi connectivity index (χ3n) is 5.99. The van der Waals surface area contributed by atoms with Crippen molar-refractivity contribution in [1.29, 1.82) is 0 Å². The molecule has 2 unspecified atom stereocenters. The molecule has 0 saturated carbocycles. The molecule has 2 amide bonds. The summed E-state index contributed by atoms with van der Waals surface area (Å²) in [6, 6.07) is 14.0. The third-order valence-corrected chi connectivity index (χ3v) is 5.99. The fourth-order valence-electron chi connectivity index (χ4n) is 4.37. The van der Waals surface area contributed by atoms with Crippen molar-refractivity contribution in [3.63, 3.8) is 0 Å². The predicted molar refractivity (Wildman–Crippen MR) is 132 cm³/mol. The molecule has 2 aromatic carbocycles. The van der Waals surface area contributed by atoms with Crippen LogP contribution < -0.4 is 10.6 Å². The first-order valence-electron chi connectivity index (χ1n) is 11.7. The molecule has 0 radical (unpaired) electrons. The molecule has 0 fully saturated rings. The van der Waals surface area contributed by atoms with Gasteiger partial charge in [0.2, 0.25) is 5.91 Å². The molecule has 0 aromatic heterocycles. The molecule has 0 saturated heterocycles. The highest BCUT2D eigenvalue weighted by Crippen LogP contribution is 2.44. The smallest absolute Gasteiger partial charge is 0.407 e. The van der Waals surface area contributed by atoms with E-state index < -0.39 is 30.1 Å². The first-order chi connectivity index (χ1) is 16.6. The van der Waals surface area contributed by atoms with E-state index in [0.717, 1.165) is 22.3 Å². The number of carboxylic acids is 1. The van der Waals surface area contributed by atoms with Crippen molar-refractivity contribution in [3.8, 4) is 11.1 Å². The zero-order valence-corrected chi connectivity index (χ0v) is 20.7. The van der Waals surface area contributed by atoms with Crippen molar-refractivity contribution in [3.05, 3.63) is 59.7 Å². The zero-order valence-electron chi connectivity index (χ0n) is 20.7. The van der Waals surface area contributed by atoms with Crippen molar-refractivity contribution in [2.75, 3.05) is 20.3 Å². The number of fused-ring (bicyclic) bond motifs is 3. The van der Waals surface area contributed by atoms with Crippen LogP contribution >= 0.6 is 0 Å². The average Bonchev–Trinajstić information content (AvgIpc) is 3.12. The van der Waals surface area contributed by atoms with Gasteiger partial charge in [-0.1, -0.05) is 69.3 Å². The SMILES string of the molecule is COCCC(NC(=O)C(CC(C)(C)C)NC(=O)OCC1c2ccccc2-c2ccccc21)C(=O)O. The highest BCUT2D eigenvalue weighted by molar-refractivity contribution is 5.89. The summed E-state index contributed by atoms with van der Waals surface area (Å²) in [5, 5.41) is 14.6. The summed E-state index contributed by atoms with van der Waals surface area (Å²) >= 11 is 0. The van der Waals surface area contributed by atoms with Crippen LogP contribution in [0.3, 0.4) is 0 Å². The van der Waals surface area contributed by atoms with Crippen molar-refractivity contribution in [2.45, 2.75) is 51.6 Å². The van der Waals surface area contributed by atoms with Crippen molar-refractivity contribution < 1.29 is 29.0 Å².